The number of thiazole rings is 1. The lowest BCUT2D eigenvalue weighted by atomic mass is 10.00. The van der Waals surface area contributed by atoms with Crippen molar-refractivity contribution < 1.29 is 14.3 Å². The quantitative estimate of drug-likeness (QED) is 0.719. The fourth-order valence-electron chi connectivity index (χ4n) is 3.08. The lowest BCUT2D eigenvalue weighted by Crippen LogP contribution is -2.45. The van der Waals surface area contributed by atoms with Crippen LogP contribution in [0, 0.1) is 0 Å². The van der Waals surface area contributed by atoms with Crippen molar-refractivity contribution in [1.82, 2.24) is 9.88 Å². The Morgan fingerprint density at radius 3 is 3.00 bits per heavy atom. The fraction of sp³-hybridized carbons (Fsp3) is 0.500. The van der Waals surface area contributed by atoms with E-state index in [0.717, 1.165) is 36.4 Å². The van der Waals surface area contributed by atoms with Crippen LogP contribution >= 0.6 is 22.7 Å². The molecule has 3 heterocycles. The van der Waals surface area contributed by atoms with Gasteiger partial charge in [-0.1, -0.05) is 6.92 Å². The maximum atomic E-state index is 12.3. The highest BCUT2D eigenvalue weighted by atomic mass is 32.1. The predicted octanol–water partition coefficient (Wildman–Crippen LogP) is 3.75. The van der Waals surface area contributed by atoms with Crippen molar-refractivity contribution in [3.8, 4) is 10.6 Å². The summed E-state index contributed by atoms with van der Waals surface area (Å²) in [6, 6.07) is 2.29. The number of thiophene rings is 1. The van der Waals surface area contributed by atoms with Crippen molar-refractivity contribution >= 4 is 34.6 Å². The molecule has 5 nitrogen and oxygen atoms in total. The maximum Gasteiger partial charge on any atom is 0.312 e. The van der Waals surface area contributed by atoms with E-state index in [-0.39, 0.29) is 25.0 Å². The van der Waals surface area contributed by atoms with Gasteiger partial charge in [-0.3, -0.25) is 9.59 Å². The summed E-state index contributed by atoms with van der Waals surface area (Å²) in [6.07, 6.45) is 4.29. The second kappa shape index (κ2) is 8.58. The first kappa shape index (κ1) is 18.1. The second-order valence-corrected chi connectivity index (χ2v) is 7.78. The molecule has 1 fully saturated rings. The third-order valence-electron chi connectivity index (χ3n) is 4.42. The molecule has 1 amide bonds. The molecule has 0 aromatic carbocycles. The highest BCUT2D eigenvalue weighted by Gasteiger charge is 2.26. The average molecular weight is 379 g/mol. The van der Waals surface area contributed by atoms with Gasteiger partial charge in [-0.25, -0.2) is 4.98 Å². The molecule has 7 heteroatoms. The Balaban J connectivity index is 1.48. The minimum Gasteiger partial charge on any atom is -0.455 e. The molecule has 1 unspecified atom stereocenters. The first-order chi connectivity index (χ1) is 12.2. The number of carbonyl (C=O) groups is 2. The summed E-state index contributed by atoms with van der Waals surface area (Å²) in [5.41, 5.74) is 1.76. The molecule has 1 aliphatic heterocycles. The van der Waals surface area contributed by atoms with Gasteiger partial charge in [-0.05, 0) is 37.1 Å². The van der Waals surface area contributed by atoms with E-state index in [1.165, 1.54) is 17.8 Å². The van der Waals surface area contributed by atoms with E-state index in [2.05, 4.69) is 11.9 Å². The Hall–Kier alpha value is -1.73. The average Bonchev–Trinajstić information content (AvgIpc) is 3.31. The Morgan fingerprint density at radius 2 is 2.24 bits per heavy atom. The van der Waals surface area contributed by atoms with E-state index < -0.39 is 5.97 Å². The van der Waals surface area contributed by atoms with E-state index in [0.29, 0.717) is 5.69 Å². The summed E-state index contributed by atoms with van der Waals surface area (Å²) in [7, 11) is 0. The van der Waals surface area contributed by atoms with Crippen molar-refractivity contribution in [2.24, 2.45) is 0 Å². The number of likely N-dealkylation sites (tertiary alicyclic amines) is 1. The minimum absolute atomic E-state index is 0.0860. The molecule has 0 spiro atoms. The number of piperidine rings is 1. The van der Waals surface area contributed by atoms with Crippen LogP contribution in [-0.2, 0) is 20.7 Å². The minimum atomic E-state index is -0.402. The summed E-state index contributed by atoms with van der Waals surface area (Å²) in [4.78, 5) is 30.7. The molecular formula is C18H22N2O3S2. The van der Waals surface area contributed by atoms with E-state index in [1.54, 1.807) is 11.3 Å². The molecule has 0 bridgehead atoms. The summed E-state index contributed by atoms with van der Waals surface area (Å²) < 4.78 is 5.19. The van der Waals surface area contributed by atoms with Gasteiger partial charge in [0.1, 0.15) is 5.01 Å². The van der Waals surface area contributed by atoms with Gasteiger partial charge in [0.05, 0.1) is 12.1 Å². The van der Waals surface area contributed by atoms with E-state index in [9.17, 15) is 9.59 Å². The standard InChI is InChI=1S/C18H22N2O3S2/c1-2-15-5-3-4-7-20(15)16(21)10-23-17(22)9-14-12-25-18(19-14)13-6-8-24-11-13/h6,8,11-12,15H,2-5,7,9-10H2,1H3. The lowest BCUT2D eigenvalue weighted by Gasteiger charge is -2.35. The van der Waals surface area contributed by atoms with Gasteiger partial charge in [-0.2, -0.15) is 11.3 Å². The summed E-state index contributed by atoms with van der Waals surface area (Å²) in [5.74, 6) is -0.488. The topological polar surface area (TPSA) is 59.5 Å². The van der Waals surface area contributed by atoms with Gasteiger partial charge >= 0.3 is 5.97 Å². The number of ether oxygens (including phenoxy) is 1. The molecular weight excluding hydrogens is 356 g/mol. The zero-order valence-corrected chi connectivity index (χ0v) is 15.9. The zero-order chi connectivity index (χ0) is 17.6. The van der Waals surface area contributed by atoms with E-state index in [4.69, 9.17) is 4.74 Å². The molecule has 0 aliphatic carbocycles. The molecule has 0 N–H and O–H groups in total. The molecule has 0 saturated carbocycles. The van der Waals surface area contributed by atoms with Gasteiger partial charge in [-0.15, -0.1) is 11.3 Å². The Morgan fingerprint density at radius 1 is 1.36 bits per heavy atom. The highest BCUT2D eigenvalue weighted by Crippen LogP contribution is 2.26. The molecule has 1 aliphatic rings. The third kappa shape index (κ3) is 4.67. The smallest absolute Gasteiger partial charge is 0.312 e. The van der Waals surface area contributed by atoms with Gasteiger partial charge < -0.3 is 9.64 Å². The Bertz CT molecular complexity index is 712. The van der Waals surface area contributed by atoms with Crippen molar-refractivity contribution in [2.45, 2.75) is 45.1 Å². The van der Waals surface area contributed by atoms with Crippen LogP contribution in [0.3, 0.4) is 0 Å². The molecule has 2 aromatic heterocycles. The van der Waals surface area contributed by atoms with Crippen molar-refractivity contribution in [2.75, 3.05) is 13.2 Å². The highest BCUT2D eigenvalue weighted by molar-refractivity contribution is 7.14. The molecule has 1 atom stereocenters. The molecule has 25 heavy (non-hydrogen) atoms. The number of amides is 1. The maximum absolute atomic E-state index is 12.3. The van der Waals surface area contributed by atoms with Gasteiger partial charge in [0.2, 0.25) is 0 Å². The van der Waals surface area contributed by atoms with Crippen molar-refractivity contribution in [3.05, 3.63) is 27.9 Å². The largest absolute Gasteiger partial charge is 0.455 e. The molecule has 2 aromatic rings. The second-order valence-electron chi connectivity index (χ2n) is 6.14. The van der Waals surface area contributed by atoms with Crippen molar-refractivity contribution in [1.29, 1.82) is 0 Å². The first-order valence-electron chi connectivity index (χ1n) is 8.59. The summed E-state index contributed by atoms with van der Waals surface area (Å²) >= 11 is 3.13. The number of rotatable bonds is 6. The predicted molar refractivity (Wildman–Crippen MR) is 99.7 cm³/mol. The van der Waals surface area contributed by atoms with Gasteiger partial charge in [0.25, 0.3) is 5.91 Å². The van der Waals surface area contributed by atoms with Gasteiger partial charge in [0.15, 0.2) is 6.61 Å². The number of hydrogen-bond acceptors (Lipinski definition) is 6. The number of esters is 1. The van der Waals surface area contributed by atoms with E-state index >= 15 is 0 Å². The van der Waals surface area contributed by atoms with Crippen molar-refractivity contribution in [3.63, 3.8) is 0 Å². The van der Waals surface area contributed by atoms with Crippen LogP contribution in [-0.4, -0.2) is 41.0 Å². The number of hydrogen-bond donors (Lipinski definition) is 0. The zero-order valence-electron chi connectivity index (χ0n) is 14.3. The molecule has 134 valence electrons. The summed E-state index contributed by atoms with van der Waals surface area (Å²) in [5, 5.41) is 6.80. The van der Waals surface area contributed by atoms with E-state index in [1.807, 2.05) is 27.1 Å². The van der Waals surface area contributed by atoms with Crippen LogP contribution < -0.4 is 0 Å². The SMILES string of the molecule is CCC1CCCCN1C(=O)COC(=O)Cc1csc(-c2ccsc2)n1. The van der Waals surface area contributed by atoms with Crippen LogP contribution in [0.1, 0.15) is 38.3 Å². The van der Waals surface area contributed by atoms with Crippen LogP contribution in [0.2, 0.25) is 0 Å². The molecule has 3 rings (SSSR count). The lowest BCUT2D eigenvalue weighted by molar-refractivity contribution is -0.153. The normalized spacial score (nSPS) is 17.5. The first-order valence-corrected chi connectivity index (χ1v) is 10.4. The van der Waals surface area contributed by atoms with Crippen LogP contribution in [0.5, 0.6) is 0 Å². The Labute approximate surface area is 155 Å². The van der Waals surface area contributed by atoms with Crippen LogP contribution in [0.4, 0.5) is 0 Å². The molecule has 0 radical (unpaired) electrons. The van der Waals surface area contributed by atoms with Crippen LogP contribution in [0.25, 0.3) is 10.6 Å². The molecule has 1 saturated heterocycles. The number of carbonyl (C=O) groups excluding carboxylic acids is 2. The number of aromatic nitrogens is 1. The third-order valence-corrected chi connectivity index (χ3v) is 6.04. The van der Waals surface area contributed by atoms with Crippen LogP contribution in [0.15, 0.2) is 22.2 Å². The fourth-order valence-corrected chi connectivity index (χ4v) is 4.62. The summed E-state index contributed by atoms with van der Waals surface area (Å²) in [6.45, 7) is 2.69. The monoisotopic (exact) mass is 378 g/mol. The number of nitrogens with zero attached hydrogens (tertiary/aromatic N) is 2. The Kier molecular flexibility index (Phi) is 6.20. The van der Waals surface area contributed by atoms with Gasteiger partial charge in [0, 0.05) is 28.9 Å².